The quantitative estimate of drug-likeness (QED) is 0.706. The van der Waals surface area contributed by atoms with Crippen molar-refractivity contribution in [2.45, 2.75) is 6.61 Å². The van der Waals surface area contributed by atoms with E-state index in [0.717, 1.165) is 0 Å². The summed E-state index contributed by atoms with van der Waals surface area (Å²) >= 11 is 0. The third kappa shape index (κ3) is 5.17. The number of hydrogen-bond donors (Lipinski definition) is 2. The van der Waals surface area contributed by atoms with Gasteiger partial charge >= 0.3 is 6.61 Å². The van der Waals surface area contributed by atoms with Crippen LogP contribution in [0.2, 0.25) is 0 Å². The number of alkyl halides is 2. The summed E-state index contributed by atoms with van der Waals surface area (Å²) in [5.41, 5.74) is 0.415. The molecule has 0 spiro atoms. The van der Waals surface area contributed by atoms with Crippen LogP contribution < -0.4 is 20.1 Å². The molecule has 26 heavy (non-hydrogen) atoms. The summed E-state index contributed by atoms with van der Waals surface area (Å²) in [6, 6.07) is 12.9. The molecule has 2 aromatic rings. The Morgan fingerprint density at radius 2 is 1.62 bits per heavy atom. The fourth-order valence-corrected chi connectivity index (χ4v) is 2.20. The fraction of sp³-hybridized carbons (Fsp3) is 0.222. The van der Waals surface area contributed by atoms with Crippen LogP contribution in [0.1, 0.15) is 20.7 Å². The minimum Gasteiger partial charge on any atom is -0.493 e. The zero-order valence-electron chi connectivity index (χ0n) is 14.0. The summed E-state index contributed by atoms with van der Waals surface area (Å²) in [5, 5.41) is 5.18. The summed E-state index contributed by atoms with van der Waals surface area (Å²) in [7, 11) is 1.29. The number of para-hydroxylation sites is 1. The molecule has 0 saturated heterocycles. The Bertz CT molecular complexity index is 754. The molecule has 0 bridgehead atoms. The Morgan fingerprint density at radius 3 is 2.23 bits per heavy atom. The maximum Gasteiger partial charge on any atom is 0.387 e. The summed E-state index contributed by atoms with van der Waals surface area (Å²) in [6.07, 6.45) is 0. The van der Waals surface area contributed by atoms with Gasteiger partial charge in [-0.3, -0.25) is 9.59 Å². The topological polar surface area (TPSA) is 76.7 Å². The van der Waals surface area contributed by atoms with Crippen LogP contribution in [-0.4, -0.2) is 38.6 Å². The van der Waals surface area contributed by atoms with Crippen molar-refractivity contribution >= 4 is 11.8 Å². The van der Waals surface area contributed by atoms with Gasteiger partial charge < -0.3 is 20.1 Å². The second-order valence-electron chi connectivity index (χ2n) is 5.09. The highest BCUT2D eigenvalue weighted by Crippen LogP contribution is 2.32. The molecule has 0 aliphatic carbocycles. The third-order valence-electron chi connectivity index (χ3n) is 3.38. The Hall–Kier alpha value is -3.16. The van der Waals surface area contributed by atoms with Crippen LogP contribution in [0.3, 0.4) is 0 Å². The molecule has 2 amide bonds. The molecule has 0 heterocycles. The van der Waals surface area contributed by atoms with Gasteiger partial charge in [0.1, 0.15) is 0 Å². The molecule has 0 aliphatic heterocycles. The normalized spacial score (nSPS) is 10.3. The van der Waals surface area contributed by atoms with Crippen molar-refractivity contribution in [3.05, 3.63) is 59.7 Å². The molecule has 0 saturated carbocycles. The Kier molecular flexibility index (Phi) is 6.90. The van der Waals surface area contributed by atoms with Gasteiger partial charge in [0, 0.05) is 18.7 Å². The van der Waals surface area contributed by atoms with E-state index in [1.54, 1.807) is 30.3 Å². The van der Waals surface area contributed by atoms with Gasteiger partial charge in [0.15, 0.2) is 11.5 Å². The molecular weight excluding hydrogens is 346 g/mol. The Morgan fingerprint density at radius 1 is 0.962 bits per heavy atom. The van der Waals surface area contributed by atoms with Gasteiger partial charge in [-0.05, 0) is 24.3 Å². The molecule has 0 atom stereocenters. The number of carbonyl (C=O) groups excluding carboxylic acids is 2. The highest BCUT2D eigenvalue weighted by Gasteiger charge is 2.20. The molecule has 6 nitrogen and oxygen atoms in total. The predicted molar refractivity (Wildman–Crippen MR) is 90.7 cm³/mol. The first-order valence-electron chi connectivity index (χ1n) is 7.76. The van der Waals surface area contributed by atoms with E-state index in [1.165, 1.54) is 25.3 Å². The lowest BCUT2D eigenvalue weighted by Crippen LogP contribution is -2.34. The first kappa shape index (κ1) is 19.2. The third-order valence-corrected chi connectivity index (χ3v) is 3.38. The molecule has 0 fully saturated rings. The van der Waals surface area contributed by atoms with E-state index in [1.807, 2.05) is 0 Å². The number of amides is 2. The highest BCUT2D eigenvalue weighted by atomic mass is 19.3. The van der Waals surface area contributed by atoms with Crippen LogP contribution in [0.15, 0.2) is 48.5 Å². The summed E-state index contributed by atoms with van der Waals surface area (Å²) < 4.78 is 34.5. The Labute approximate surface area is 149 Å². The van der Waals surface area contributed by atoms with Crippen molar-refractivity contribution in [2.24, 2.45) is 0 Å². The number of nitrogens with one attached hydrogen (secondary N) is 2. The van der Waals surface area contributed by atoms with E-state index in [4.69, 9.17) is 4.74 Å². The molecule has 138 valence electrons. The van der Waals surface area contributed by atoms with Crippen molar-refractivity contribution in [1.29, 1.82) is 0 Å². The first-order valence-corrected chi connectivity index (χ1v) is 7.76. The van der Waals surface area contributed by atoms with Crippen molar-refractivity contribution in [2.75, 3.05) is 20.2 Å². The minimum absolute atomic E-state index is 0.0235. The van der Waals surface area contributed by atoms with Gasteiger partial charge in [0.2, 0.25) is 0 Å². The zero-order valence-corrected chi connectivity index (χ0v) is 14.0. The maximum atomic E-state index is 12.6. The summed E-state index contributed by atoms with van der Waals surface area (Å²) in [5.74, 6) is -1.21. The van der Waals surface area contributed by atoms with Gasteiger partial charge in [-0.1, -0.05) is 24.3 Å². The number of ether oxygens (including phenoxy) is 2. The molecule has 2 rings (SSSR count). The van der Waals surface area contributed by atoms with Gasteiger partial charge in [0.05, 0.1) is 12.7 Å². The molecule has 0 radical (unpaired) electrons. The molecule has 0 aromatic heterocycles. The van der Waals surface area contributed by atoms with Crippen LogP contribution in [-0.2, 0) is 0 Å². The maximum absolute atomic E-state index is 12.6. The largest absolute Gasteiger partial charge is 0.493 e. The fourth-order valence-electron chi connectivity index (χ4n) is 2.20. The minimum atomic E-state index is -3.09. The van der Waals surface area contributed by atoms with E-state index in [2.05, 4.69) is 15.4 Å². The number of carbonyl (C=O) groups is 2. The van der Waals surface area contributed by atoms with E-state index in [-0.39, 0.29) is 36.1 Å². The molecular formula is C18H18F2N2O4. The lowest BCUT2D eigenvalue weighted by atomic mass is 10.1. The van der Waals surface area contributed by atoms with Gasteiger partial charge in [-0.15, -0.1) is 0 Å². The first-order chi connectivity index (χ1) is 12.5. The smallest absolute Gasteiger partial charge is 0.387 e. The van der Waals surface area contributed by atoms with Crippen LogP contribution in [0.5, 0.6) is 11.5 Å². The van der Waals surface area contributed by atoms with Crippen LogP contribution >= 0.6 is 0 Å². The number of benzene rings is 2. The summed E-state index contributed by atoms with van der Waals surface area (Å²) in [6.45, 7) is -2.81. The van der Waals surface area contributed by atoms with E-state index in [0.29, 0.717) is 5.56 Å². The van der Waals surface area contributed by atoms with Crippen LogP contribution in [0.4, 0.5) is 8.78 Å². The number of hydrogen-bond acceptors (Lipinski definition) is 4. The van der Waals surface area contributed by atoms with Crippen molar-refractivity contribution in [3.8, 4) is 11.5 Å². The molecule has 8 heteroatoms. The van der Waals surface area contributed by atoms with Crippen LogP contribution in [0.25, 0.3) is 0 Å². The average molecular weight is 364 g/mol. The zero-order chi connectivity index (χ0) is 18.9. The van der Waals surface area contributed by atoms with Gasteiger partial charge in [0.25, 0.3) is 11.8 Å². The van der Waals surface area contributed by atoms with Crippen molar-refractivity contribution < 1.29 is 27.8 Å². The number of halogens is 2. The van der Waals surface area contributed by atoms with E-state index in [9.17, 15) is 18.4 Å². The second-order valence-corrected chi connectivity index (χ2v) is 5.09. The average Bonchev–Trinajstić information content (AvgIpc) is 2.65. The second kappa shape index (κ2) is 9.36. The monoisotopic (exact) mass is 364 g/mol. The lowest BCUT2D eigenvalue weighted by Gasteiger charge is -2.14. The van der Waals surface area contributed by atoms with Crippen molar-refractivity contribution in [1.82, 2.24) is 10.6 Å². The predicted octanol–water partition coefficient (Wildman–Crippen LogP) is 2.46. The standard InChI is InChI=1S/C18H18F2N2O4/c1-25-14-9-5-8-13(15(14)26-18(19)20)17(24)22-11-10-21-16(23)12-6-3-2-4-7-12/h2-9,18H,10-11H2,1H3,(H,21,23)(H,22,24). The molecule has 2 N–H and O–H groups in total. The Balaban J connectivity index is 1.93. The highest BCUT2D eigenvalue weighted by molar-refractivity contribution is 5.98. The van der Waals surface area contributed by atoms with E-state index >= 15 is 0 Å². The van der Waals surface area contributed by atoms with Gasteiger partial charge in [-0.25, -0.2) is 0 Å². The molecule has 0 unspecified atom stereocenters. The lowest BCUT2D eigenvalue weighted by molar-refractivity contribution is -0.0515. The van der Waals surface area contributed by atoms with Crippen LogP contribution in [0, 0.1) is 0 Å². The van der Waals surface area contributed by atoms with E-state index < -0.39 is 12.5 Å². The summed E-state index contributed by atoms with van der Waals surface area (Å²) in [4.78, 5) is 24.1. The molecule has 0 aliphatic rings. The number of rotatable bonds is 8. The van der Waals surface area contributed by atoms with Gasteiger partial charge in [-0.2, -0.15) is 8.78 Å². The SMILES string of the molecule is COc1cccc(C(=O)NCCNC(=O)c2ccccc2)c1OC(F)F. The van der Waals surface area contributed by atoms with Crippen molar-refractivity contribution in [3.63, 3.8) is 0 Å². The molecule has 2 aromatic carbocycles. The number of methoxy groups -OCH3 is 1.